The molecule has 0 unspecified atom stereocenters. The number of halogens is 1. The molecule has 1 saturated heterocycles. The Bertz CT molecular complexity index is 1170. The number of carbonyl (C=O) groups excluding carboxylic acids is 2. The van der Waals surface area contributed by atoms with Crippen molar-refractivity contribution >= 4 is 11.8 Å². The van der Waals surface area contributed by atoms with E-state index in [9.17, 15) is 14.0 Å². The van der Waals surface area contributed by atoms with E-state index in [1.54, 1.807) is 23.5 Å². The van der Waals surface area contributed by atoms with Crippen molar-refractivity contribution in [1.82, 2.24) is 24.8 Å². The number of aryl methyl sites for hydroxylation is 2. The van der Waals surface area contributed by atoms with E-state index in [0.29, 0.717) is 43.6 Å². The van der Waals surface area contributed by atoms with E-state index >= 15 is 0 Å². The van der Waals surface area contributed by atoms with E-state index in [1.165, 1.54) is 19.2 Å². The van der Waals surface area contributed by atoms with Gasteiger partial charge < -0.3 is 19.5 Å². The van der Waals surface area contributed by atoms with Crippen molar-refractivity contribution in [3.8, 4) is 5.75 Å². The predicted octanol–water partition coefficient (Wildman–Crippen LogP) is 3.57. The van der Waals surface area contributed by atoms with Crippen molar-refractivity contribution in [3.05, 3.63) is 77.4 Å². The predicted molar refractivity (Wildman–Crippen MR) is 129 cm³/mol. The summed E-state index contributed by atoms with van der Waals surface area (Å²) in [6.45, 7) is 4.27. The van der Waals surface area contributed by atoms with Crippen molar-refractivity contribution in [3.63, 3.8) is 0 Å². The lowest BCUT2D eigenvalue weighted by Crippen LogP contribution is -2.38. The average molecular weight is 480 g/mol. The first-order chi connectivity index (χ1) is 17.0. The van der Waals surface area contributed by atoms with Crippen LogP contribution in [-0.2, 0) is 6.54 Å². The molecule has 0 atom stereocenters. The minimum Gasteiger partial charge on any atom is -0.494 e. The van der Waals surface area contributed by atoms with Gasteiger partial charge in [0.2, 0.25) is 0 Å². The maximum atomic E-state index is 14.1. The minimum atomic E-state index is -0.558. The molecule has 0 spiro atoms. The highest BCUT2D eigenvalue weighted by Crippen LogP contribution is 2.30. The lowest BCUT2D eigenvalue weighted by atomic mass is 9.89. The van der Waals surface area contributed by atoms with Crippen LogP contribution in [0.3, 0.4) is 0 Å². The summed E-state index contributed by atoms with van der Waals surface area (Å²) in [5.74, 6) is -0.724. The zero-order valence-electron chi connectivity index (χ0n) is 20.0. The molecular formula is C26H30FN5O3. The molecule has 0 radical (unpaired) electrons. The number of carbonyl (C=O) groups is 2. The summed E-state index contributed by atoms with van der Waals surface area (Å²) in [7, 11) is 1.39. The molecule has 3 heterocycles. The quantitative estimate of drug-likeness (QED) is 0.499. The van der Waals surface area contributed by atoms with Gasteiger partial charge in [-0.15, -0.1) is 0 Å². The number of pyridine rings is 1. The second-order valence-corrected chi connectivity index (χ2v) is 8.71. The zero-order valence-corrected chi connectivity index (χ0v) is 20.0. The van der Waals surface area contributed by atoms with Crippen LogP contribution < -0.4 is 10.1 Å². The van der Waals surface area contributed by atoms with Crippen LogP contribution in [0.2, 0.25) is 0 Å². The van der Waals surface area contributed by atoms with E-state index in [2.05, 4.69) is 10.3 Å². The Morgan fingerprint density at radius 2 is 2.00 bits per heavy atom. The molecule has 1 aliphatic heterocycles. The number of hydrogen-bond acceptors (Lipinski definition) is 5. The molecule has 4 rings (SSSR count). The van der Waals surface area contributed by atoms with Crippen LogP contribution in [0.15, 0.2) is 49.1 Å². The molecule has 1 fully saturated rings. The Kier molecular flexibility index (Phi) is 7.74. The van der Waals surface area contributed by atoms with Gasteiger partial charge in [0.05, 0.1) is 24.7 Å². The molecular weight excluding hydrogens is 449 g/mol. The summed E-state index contributed by atoms with van der Waals surface area (Å²) in [6.07, 6.45) is 7.54. The molecule has 184 valence electrons. The number of ether oxygens (including phenoxy) is 1. The topological polar surface area (TPSA) is 89.4 Å². The number of piperidine rings is 1. The monoisotopic (exact) mass is 479 g/mol. The highest BCUT2D eigenvalue weighted by molar-refractivity contribution is 5.96. The van der Waals surface area contributed by atoms with Gasteiger partial charge in [-0.1, -0.05) is 0 Å². The molecule has 1 N–H and O–H groups in total. The van der Waals surface area contributed by atoms with Crippen LogP contribution in [0.5, 0.6) is 5.75 Å². The first-order valence-electron chi connectivity index (χ1n) is 11.8. The van der Waals surface area contributed by atoms with Crippen LogP contribution in [0.1, 0.15) is 57.3 Å². The highest BCUT2D eigenvalue weighted by atomic mass is 19.1. The molecule has 2 amide bonds. The van der Waals surface area contributed by atoms with Crippen LogP contribution >= 0.6 is 0 Å². The molecule has 35 heavy (non-hydrogen) atoms. The number of nitrogens with one attached hydrogen (secondary N) is 1. The Hall–Kier alpha value is -3.75. The minimum absolute atomic E-state index is 0.0678. The summed E-state index contributed by atoms with van der Waals surface area (Å²) >= 11 is 0. The average Bonchev–Trinajstić information content (AvgIpc) is 3.39. The van der Waals surface area contributed by atoms with E-state index in [-0.39, 0.29) is 23.5 Å². The number of aromatic nitrogens is 3. The van der Waals surface area contributed by atoms with Gasteiger partial charge in [-0.25, -0.2) is 9.37 Å². The largest absolute Gasteiger partial charge is 0.494 e. The van der Waals surface area contributed by atoms with Crippen LogP contribution in [0.25, 0.3) is 0 Å². The molecule has 0 saturated carbocycles. The van der Waals surface area contributed by atoms with E-state index < -0.39 is 5.82 Å². The van der Waals surface area contributed by atoms with Crippen LogP contribution in [0, 0.1) is 12.7 Å². The van der Waals surface area contributed by atoms with Crippen LogP contribution in [-0.4, -0.2) is 58.0 Å². The maximum absolute atomic E-state index is 14.1. The van der Waals surface area contributed by atoms with Crippen molar-refractivity contribution in [2.45, 2.75) is 38.6 Å². The van der Waals surface area contributed by atoms with Gasteiger partial charge >= 0.3 is 0 Å². The van der Waals surface area contributed by atoms with Gasteiger partial charge in [-0.3, -0.25) is 14.6 Å². The van der Waals surface area contributed by atoms with Gasteiger partial charge in [0.15, 0.2) is 11.6 Å². The molecule has 1 aliphatic rings. The second-order valence-electron chi connectivity index (χ2n) is 8.71. The summed E-state index contributed by atoms with van der Waals surface area (Å²) in [5, 5.41) is 3.00. The Morgan fingerprint density at radius 1 is 1.20 bits per heavy atom. The molecule has 2 aromatic heterocycles. The van der Waals surface area contributed by atoms with Crippen molar-refractivity contribution in [1.29, 1.82) is 0 Å². The number of benzene rings is 1. The Morgan fingerprint density at radius 3 is 2.69 bits per heavy atom. The number of hydrogen-bond donors (Lipinski definition) is 1. The number of methoxy groups -OCH3 is 1. The third kappa shape index (κ3) is 5.85. The number of likely N-dealkylation sites (tertiary alicyclic amines) is 1. The summed E-state index contributed by atoms with van der Waals surface area (Å²) in [5.41, 5.74) is 2.51. The van der Waals surface area contributed by atoms with Crippen molar-refractivity contribution < 1.29 is 18.7 Å². The van der Waals surface area contributed by atoms with Gasteiger partial charge in [0.25, 0.3) is 11.8 Å². The van der Waals surface area contributed by atoms with Gasteiger partial charge in [-0.2, -0.15) is 0 Å². The standard InChI is InChI=1S/C26H30FN5O3/c1-18-4-6-21(25(33)29-10-3-12-31-15-11-28-17-31)24(30-18)19-8-13-32(14-9-19)26(34)20-5-7-23(35-2)22(27)16-20/h4-7,11,15-17,19H,3,8-10,12-14H2,1-2H3,(H,29,33). The smallest absolute Gasteiger partial charge is 0.253 e. The van der Waals surface area contributed by atoms with Gasteiger partial charge in [0.1, 0.15) is 0 Å². The third-order valence-electron chi connectivity index (χ3n) is 6.31. The molecule has 3 aromatic rings. The number of rotatable bonds is 8. The fraction of sp³-hybridized carbons (Fsp3) is 0.385. The first-order valence-corrected chi connectivity index (χ1v) is 11.8. The summed E-state index contributed by atoms with van der Waals surface area (Å²) < 4.78 is 21.0. The second kappa shape index (κ2) is 11.1. The SMILES string of the molecule is COc1ccc(C(=O)N2CCC(c3nc(C)ccc3C(=O)NCCCn3ccnc3)CC2)cc1F. The number of nitrogens with zero attached hydrogens (tertiary/aromatic N) is 4. The third-order valence-corrected chi connectivity index (χ3v) is 6.31. The normalized spacial score (nSPS) is 14.1. The van der Waals surface area contributed by atoms with Gasteiger partial charge in [-0.05, 0) is 56.5 Å². The van der Waals surface area contributed by atoms with Crippen molar-refractivity contribution in [2.75, 3.05) is 26.7 Å². The van der Waals surface area contributed by atoms with Crippen molar-refractivity contribution in [2.24, 2.45) is 0 Å². The number of imidazole rings is 1. The van der Waals surface area contributed by atoms with E-state index in [1.807, 2.05) is 29.8 Å². The molecule has 9 heteroatoms. The first kappa shape index (κ1) is 24.4. The van der Waals surface area contributed by atoms with Gasteiger partial charge in [0, 0.05) is 55.7 Å². The zero-order chi connectivity index (χ0) is 24.8. The Labute approximate surface area is 204 Å². The fourth-order valence-corrected chi connectivity index (χ4v) is 4.40. The maximum Gasteiger partial charge on any atom is 0.253 e. The van der Waals surface area contributed by atoms with E-state index in [4.69, 9.17) is 9.72 Å². The molecule has 1 aromatic carbocycles. The molecule has 8 nitrogen and oxygen atoms in total. The summed E-state index contributed by atoms with van der Waals surface area (Å²) in [4.78, 5) is 36.3. The number of amides is 2. The fourth-order valence-electron chi connectivity index (χ4n) is 4.40. The highest BCUT2D eigenvalue weighted by Gasteiger charge is 2.28. The lowest BCUT2D eigenvalue weighted by Gasteiger charge is -2.32. The summed E-state index contributed by atoms with van der Waals surface area (Å²) in [6, 6.07) is 7.94. The lowest BCUT2D eigenvalue weighted by molar-refractivity contribution is 0.0710. The molecule has 0 bridgehead atoms. The Balaban J connectivity index is 1.37. The van der Waals surface area contributed by atoms with E-state index in [0.717, 1.165) is 24.4 Å². The molecule has 0 aliphatic carbocycles. The van der Waals surface area contributed by atoms with Crippen LogP contribution in [0.4, 0.5) is 4.39 Å².